The number of nitrogens with zero attached hydrogens (tertiary/aromatic N) is 3. The van der Waals surface area contributed by atoms with Gasteiger partial charge in [0.1, 0.15) is 12.0 Å². The van der Waals surface area contributed by atoms with Crippen LogP contribution in [-0.4, -0.2) is 39.4 Å². The Morgan fingerprint density at radius 2 is 2.45 bits per heavy atom. The molecule has 2 aromatic rings. The van der Waals surface area contributed by atoms with Crippen molar-refractivity contribution in [3.63, 3.8) is 0 Å². The van der Waals surface area contributed by atoms with Crippen LogP contribution in [0.3, 0.4) is 0 Å². The third kappa shape index (κ3) is 3.82. The van der Waals surface area contributed by atoms with Gasteiger partial charge in [-0.2, -0.15) is 0 Å². The lowest BCUT2D eigenvalue weighted by Gasteiger charge is -2.07. The fourth-order valence-corrected chi connectivity index (χ4v) is 1.90. The molecule has 0 aromatic carbocycles. The van der Waals surface area contributed by atoms with Gasteiger partial charge < -0.3 is 19.6 Å². The normalized spacial score (nSPS) is 10.7. The highest BCUT2D eigenvalue weighted by Crippen LogP contribution is 2.09. The summed E-state index contributed by atoms with van der Waals surface area (Å²) in [6, 6.07) is 1.57. The molecule has 0 aliphatic rings. The Morgan fingerprint density at radius 1 is 1.60 bits per heavy atom. The molecule has 0 spiro atoms. The van der Waals surface area contributed by atoms with Gasteiger partial charge in [0.05, 0.1) is 11.6 Å². The molecule has 0 aliphatic heterocycles. The van der Waals surface area contributed by atoms with Gasteiger partial charge in [-0.25, -0.2) is 0 Å². The Morgan fingerprint density at radius 3 is 3.15 bits per heavy atom. The van der Waals surface area contributed by atoms with E-state index in [1.54, 1.807) is 25.7 Å². The molecule has 0 aliphatic carbocycles. The molecule has 2 aromatic heterocycles. The van der Waals surface area contributed by atoms with Crippen LogP contribution in [-0.2, 0) is 17.8 Å². The Bertz CT molecular complexity index is 566. The van der Waals surface area contributed by atoms with Crippen LogP contribution >= 0.6 is 11.6 Å². The number of hydrogen-bond donors (Lipinski definition) is 2. The number of halogens is 1. The summed E-state index contributed by atoms with van der Waals surface area (Å²) >= 11 is 5.75. The second-order valence-electron chi connectivity index (χ2n) is 4.20. The van der Waals surface area contributed by atoms with Crippen LogP contribution in [0.25, 0.3) is 0 Å². The van der Waals surface area contributed by atoms with Crippen LogP contribution in [0.1, 0.15) is 22.7 Å². The predicted molar refractivity (Wildman–Crippen MR) is 73.5 cm³/mol. The van der Waals surface area contributed by atoms with Crippen molar-refractivity contribution in [1.82, 2.24) is 25.1 Å². The van der Waals surface area contributed by atoms with Crippen molar-refractivity contribution in [3.8, 4) is 0 Å². The molecule has 7 nitrogen and oxygen atoms in total. The van der Waals surface area contributed by atoms with E-state index in [0.29, 0.717) is 29.7 Å². The highest BCUT2D eigenvalue weighted by molar-refractivity contribution is 6.30. The molecule has 0 radical (unpaired) electrons. The summed E-state index contributed by atoms with van der Waals surface area (Å²) in [4.78, 5) is 14.6. The van der Waals surface area contributed by atoms with Crippen LogP contribution in [0, 0.1) is 0 Å². The molecule has 0 unspecified atom stereocenters. The highest BCUT2D eigenvalue weighted by Gasteiger charge is 2.10. The van der Waals surface area contributed by atoms with Crippen molar-refractivity contribution in [2.75, 3.05) is 13.7 Å². The molecule has 0 fully saturated rings. The zero-order valence-electron chi connectivity index (χ0n) is 11.1. The summed E-state index contributed by atoms with van der Waals surface area (Å²) in [5.74, 6) is 0.468. The Kier molecular flexibility index (Phi) is 5.14. The number of amides is 1. The first-order valence-corrected chi connectivity index (χ1v) is 6.56. The second-order valence-corrected chi connectivity index (χ2v) is 4.64. The third-order valence-electron chi connectivity index (χ3n) is 2.74. The standard InChI is InChI=1S/C12H16ClN5O2/c1-20-4-2-3-18-8-16-17-11(18)7-15-12(19)10-5-9(13)6-14-10/h5-6,8,14H,2-4,7H2,1H3,(H,15,19). The van der Waals surface area contributed by atoms with Crippen LogP contribution in [0.15, 0.2) is 18.6 Å². The van der Waals surface area contributed by atoms with Gasteiger partial charge in [-0.15, -0.1) is 10.2 Å². The topological polar surface area (TPSA) is 84.8 Å². The Hall–Kier alpha value is -1.86. The number of carbonyl (C=O) groups excluding carboxylic acids is 1. The summed E-state index contributed by atoms with van der Waals surface area (Å²) in [6.07, 6.45) is 4.06. The molecular formula is C12H16ClN5O2. The van der Waals surface area contributed by atoms with Gasteiger partial charge in [-0.1, -0.05) is 11.6 Å². The molecule has 2 rings (SSSR count). The number of methoxy groups -OCH3 is 1. The zero-order valence-corrected chi connectivity index (χ0v) is 11.9. The van der Waals surface area contributed by atoms with E-state index in [1.807, 2.05) is 4.57 Å². The van der Waals surface area contributed by atoms with Crippen LogP contribution in [0.4, 0.5) is 0 Å². The number of aromatic amines is 1. The molecule has 0 bridgehead atoms. The first-order chi connectivity index (χ1) is 9.70. The molecular weight excluding hydrogens is 282 g/mol. The maximum atomic E-state index is 11.8. The van der Waals surface area contributed by atoms with Gasteiger partial charge in [-0.05, 0) is 12.5 Å². The Labute approximate surface area is 121 Å². The first kappa shape index (κ1) is 14.5. The van der Waals surface area contributed by atoms with Crippen molar-refractivity contribution < 1.29 is 9.53 Å². The molecule has 2 heterocycles. The maximum absolute atomic E-state index is 11.8. The number of carbonyl (C=O) groups is 1. The monoisotopic (exact) mass is 297 g/mol. The van der Waals surface area contributed by atoms with Gasteiger partial charge >= 0.3 is 0 Å². The van der Waals surface area contributed by atoms with Gasteiger partial charge in [0.2, 0.25) is 0 Å². The highest BCUT2D eigenvalue weighted by atomic mass is 35.5. The average Bonchev–Trinajstić information content (AvgIpc) is 3.05. The molecule has 0 saturated carbocycles. The van der Waals surface area contributed by atoms with Crippen molar-refractivity contribution in [3.05, 3.63) is 35.1 Å². The number of aryl methyl sites for hydroxylation is 1. The fourth-order valence-electron chi connectivity index (χ4n) is 1.74. The summed E-state index contributed by atoms with van der Waals surface area (Å²) in [6.45, 7) is 1.73. The average molecular weight is 298 g/mol. The van der Waals surface area contributed by atoms with E-state index in [9.17, 15) is 4.79 Å². The number of rotatable bonds is 7. The van der Waals surface area contributed by atoms with Crippen LogP contribution < -0.4 is 5.32 Å². The van der Waals surface area contributed by atoms with Crippen LogP contribution in [0.2, 0.25) is 5.02 Å². The van der Waals surface area contributed by atoms with E-state index in [4.69, 9.17) is 16.3 Å². The summed E-state index contributed by atoms with van der Waals surface area (Å²) in [5.41, 5.74) is 0.417. The maximum Gasteiger partial charge on any atom is 0.268 e. The molecule has 0 atom stereocenters. The van der Waals surface area contributed by atoms with E-state index in [0.717, 1.165) is 13.0 Å². The van der Waals surface area contributed by atoms with Crippen molar-refractivity contribution in [2.45, 2.75) is 19.5 Å². The lowest BCUT2D eigenvalue weighted by Crippen LogP contribution is -2.25. The van der Waals surface area contributed by atoms with E-state index in [-0.39, 0.29) is 5.91 Å². The molecule has 108 valence electrons. The van der Waals surface area contributed by atoms with E-state index >= 15 is 0 Å². The van der Waals surface area contributed by atoms with Crippen molar-refractivity contribution in [1.29, 1.82) is 0 Å². The Balaban J connectivity index is 1.87. The summed E-state index contributed by atoms with van der Waals surface area (Å²) in [5, 5.41) is 11.1. The molecule has 8 heteroatoms. The number of hydrogen-bond acceptors (Lipinski definition) is 4. The van der Waals surface area contributed by atoms with E-state index < -0.39 is 0 Å². The number of ether oxygens (including phenoxy) is 1. The molecule has 0 saturated heterocycles. The molecule has 20 heavy (non-hydrogen) atoms. The van der Waals surface area contributed by atoms with Crippen molar-refractivity contribution >= 4 is 17.5 Å². The van der Waals surface area contributed by atoms with E-state index in [2.05, 4.69) is 20.5 Å². The smallest absolute Gasteiger partial charge is 0.268 e. The molecule has 2 N–H and O–H groups in total. The van der Waals surface area contributed by atoms with E-state index in [1.165, 1.54) is 0 Å². The predicted octanol–water partition coefficient (Wildman–Crippen LogP) is 1.23. The van der Waals surface area contributed by atoms with Gasteiger partial charge in [-0.3, -0.25) is 4.79 Å². The van der Waals surface area contributed by atoms with Gasteiger partial charge in [0.25, 0.3) is 5.91 Å². The van der Waals surface area contributed by atoms with Gasteiger partial charge in [0.15, 0.2) is 5.82 Å². The zero-order chi connectivity index (χ0) is 14.4. The third-order valence-corrected chi connectivity index (χ3v) is 2.96. The lowest BCUT2D eigenvalue weighted by atomic mass is 10.4. The van der Waals surface area contributed by atoms with Crippen LogP contribution in [0.5, 0.6) is 0 Å². The second kappa shape index (κ2) is 7.06. The number of H-pyrrole nitrogens is 1. The SMILES string of the molecule is COCCCn1cnnc1CNC(=O)c1cc(Cl)c[nH]1. The van der Waals surface area contributed by atoms with Crippen molar-refractivity contribution in [2.24, 2.45) is 0 Å². The first-order valence-electron chi connectivity index (χ1n) is 6.18. The minimum atomic E-state index is -0.233. The van der Waals surface area contributed by atoms with Gasteiger partial charge in [0, 0.05) is 26.5 Å². The minimum Gasteiger partial charge on any atom is -0.385 e. The minimum absolute atomic E-state index is 0.233. The lowest BCUT2D eigenvalue weighted by molar-refractivity contribution is 0.0945. The number of aromatic nitrogens is 4. The fraction of sp³-hybridized carbons (Fsp3) is 0.417. The summed E-state index contributed by atoms with van der Waals surface area (Å²) < 4.78 is 6.89. The number of nitrogens with one attached hydrogen (secondary N) is 2. The quantitative estimate of drug-likeness (QED) is 0.753. The summed E-state index contributed by atoms with van der Waals surface area (Å²) in [7, 11) is 1.66. The molecule has 1 amide bonds. The largest absolute Gasteiger partial charge is 0.385 e.